The van der Waals surface area contributed by atoms with Crippen molar-refractivity contribution in [2.45, 2.75) is 13.3 Å². The van der Waals surface area contributed by atoms with Crippen molar-refractivity contribution in [3.05, 3.63) is 29.4 Å². The fourth-order valence-corrected chi connectivity index (χ4v) is 2.25. The van der Waals surface area contributed by atoms with Gasteiger partial charge in [-0.1, -0.05) is 6.92 Å². The van der Waals surface area contributed by atoms with Crippen LogP contribution in [-0.2, 0) is 0 Å². The van der Waals surface area contributed by atoms with Crippen molar-refractivity contribution in [3.63, 3.8) is 0 Å². The molecule has 0 aliphatic carbocycles. The third-order valence-corrected chi connectivity index (χ3v) is 3.25. The molecule has 0 fully saturated rings. The van der Waals surface area contributed by atoms with Crippen molar-refractivity contribution >= 4 is 17.1 Å². The highest BCUT2D eigenvalue weighted by molar-refractivity contribution is 7.17. The van der Waals surface area contributed by atoms with Gasteiger partial charge < -0.3 is 5.11 Å². The van der Waals surface area contributed by atoms with E-state index in [0.29, 0.717) is 16.3 Å². The topological polar surface area (TPSA) is 63.1 Å². The third-order valence-electron chi connectivity index (χ3n) is 2.11. The van der Waals surface area contributed by atoms with E-state index >= 15 is 0 Å². The Labute approximate surface area is 96.6 Å². The summed E-state index contributed by atoms with van der Waals surface area (Å²) in [5.74, 6) is -0.265. The number of nitrogens with zero attached hydrogens (tertiary/aromatic N) is 2. The van der Waals surface area contributed by atoms with Gasteiger partial charge in [-0.25, -0.2) is 4.98 Å². The molecule has 82 valence electrons. The van der Waals surface area contributed by atoms with E-state index in [4.69, 9.17) is 0 Å². The van der Waals surface area contributed by atoms with Crippen molar-refractivity contribution in [1.82, 2.24) is 9.97 Å². The van der Waals surface area contributed by atoms with Crippen LogP contribution in [0.25, 0.3) is 10.6 Å². The molecule has 0 saturated heterocycles. The van der Waals surface area contributed by atoms with Gasteiger partial charge in [0, 0.05) is 24.4 Å². The quantitative estimate of drug-likeness (QED) is 0.829. The number of carbonyl (C=O) groups excluding carboxylic acids is 1. The maximum absolute atomic E-state index is 11.5. The Kier molecular flexibility index (Phi) is 2.96. The first-order valence-electron chi connectivity index (χ1n) is 4.85. The Morgan fingerprint density at radius 3 is 2.75 bits per heavy atom. The molecular formula is C11H10N2O2S. The van der Waals surface area contributed by atoms with Crippen LogP contribution in [0.2, 0.25) is 0 Å². The maximum Gasteiger partial charge on any atom is 0.233 e. The molecule has 1 N–H and O–H groups in total. The van der Waals surface area contributed by atoms with Gasteiger partial charge in [0.1, 0.15) is 9.88 Å². The minimum atomic E-state index is -0.177. The highest BCUT2D eigenvalue weighted by Gasteiger charge is 2.16. The summed E-state index contributed by atoms with van der Waals surface area (Å²) in [5, 5.41) is 10.2. The molecule has 4 nitrogen and oxygen atoms in total. The van der Waals surface area contributed by atoms with Crippen molar-refractivity contribution in [1.29, 1.82) is 0 Å². The van der Waals surface area contributed by atoms with Gasteiger partial charge in [-0.3, -0.25) is 9.78 Å². The number of aromatic hydroxyl groups is 1. The van der Waals surface area contributed by atoms with Gasteiger partial charge in [0.05, 0.1) is 0 Å². The van der Waals surface area contributed by atoms with Crippen molar-refractivity contribution in [3.8, 4) is 16.5 Å². The van der Waals surface area contributed by atoms with E-state index < -0.39 is 0 Å². The van der Waals surface area contributed by atoms with E-state index in [1.165, 1.54) is 11.3 Å². The van der Waals surface area contributed by atoms with Crippen LogP contribution in [0.15, 0.2) is 24.5 Å². The summed E-state index contributed by atoms with van der Waals surface area (Å²) in [6, 6.07) is 3.58. The van der Waals surface area contributed by atoms with Crippen LogP contribution >= 0.6 is 11.3 Å². The molecule has 2 rings (SSSR count). The second kappa shape index (κ2) is 4.40. The number of aromatic nitrogens is 2. The van der Waals surface area contributed by atoms with Crippen LogP contribution < -0.4 is 0 Å². The van der Waals surface area contributed by atoms with Crippen molar-refractivity contribution < 1.29 is 9.90 Å². The fraction of sp³-hybridized carbons (Fsp3) is 0.182. The maximum atomic E-state index is 11.5. The molecule has 2 heterocycles. The first-order valence-corrected chi connectivity index (χ1v) is 5.67. The molecule has 0 aromatic carbocycles. The summed E-state index contributed by atoms with van der Waals surface area (Å²) in [6.07, 6.45) is 3.66. The summed E-state index contributed by atoms with van der Waals surface area (Å²) in [5.41, 5.74) is 0.852. The standard InChI is InChI=1S/C11H10N2O2S/c1-2-8(14)9-10(15)13-11(16-9)7-3-5-12-6-4-7/h3-6,15H,2H2,1H3. The number of ketones is 1. The zero-order valence-corrected chi connectivity index (χ0v) is 9.49. The van der Waals surface area contributed by atoms with Crippen LogP contribution in [0.5, 0.6) is 5.88 Å². The van der Waals surface area contributed by atoms with E-state index in [1.807, 2.05) is 0 Å². The van der Waals surface area contributed by atoms with E-state index in [9.17, 15) is 9.90 Å². The average molecular weight is 234 g/mol. The van der Waals surface area contributed by atoms with E-state index in [-0.39, 0.29) is 11.7 Å². The Morgan fingerprint density at radius 1 is 1.44 bits per heavy atom. The molecule has 0 amide bonds. The van der Waals surface area contributed by atoms with Gasteiger partial charge in [0.15, 0.2) is 5.78 Å². The summed E-state index contributed by atoms with van der Waals surface area (Å²) in [6.45, 7) is 1.76. The number of hydrogen-bond acceptors (Lipinski definition) is 5. The molecule has 0 radical (unpaired) electrons. The van der Waals surface area contributed by atoms with E-state index in [1.54, 1.807) is 31.5 Å². The molecule has 0 aliphatic rings. The minimum Gasteiger partial charge on any atom is -0.492 e. The predicted octanol–water partition coefficient (Wildman–Crippen LogP) is 2.50. The van der Waals surface area contributed by atoms with Crippen LogP contribution in [0.1, 0.15) is 23.0 Å². The van der Waals surface area contributed by atoms with Gasteiger partial charge in [-0.2, -0.15) is 0 Å². The van der Waals surface area contributed by atoms with Crippen LogP contribution in [0.4, 0.5) is 0 Å². The van der Waals surface area contributed by atoms with E-state index in [0.717, 1.165) is 5.56 Å². The monoisotopic (exact) mass is 234 g/mol. The zero-order valence-electron chi connectivity index (χ0n) is 8.67. The largest absolute Gasteiger partial charge is 0.492 e. The second-order valence-corrected chi connectivity index (χ2v) is 4.18. The molecule has 5 heteroatoms. The van der Waals surface area contributed by atoms with Gasteiger partial charge in [0.25, 0.3) is 0 Å². The first kappa shape index (κ1) is 10.8. The first-order chi connectivity index (χ1) is 7.72. The van der Waals surface area contributed by atoms with Gasteiger partial charge in [0.2, 0.25) is 5.88 Å². The van der Waals surface area contributed by atoms with E-state index in [2.05, 4.69) is 9.97 Å². The Hall–Kier alpha value is -1.75. The van der Waals surface area contributed by atoms with Gasteiger partial charge in [-0.15, -0.1) is 11.3 Å². The molecule has 16 heavy (non-hydrogen) atoms. The normalized spacial score (nSPS) is 10.3. The highest BCUT2D eigenvalue weighted by atomic mass is 32.1. The van der Waals surface area contributed by atoms with Gasteiger partial charge >= 0.3 is 0 Å². The Morgan fingerprint density at radius 2 is 2.12 bits per heavy atom. The average Bonchev–Trinajstić information content (AvgIpc) is 2.71. The SMILES string of the molecule is CCC(=O)c1sc(-c2ccncc2)nc1O. The minimum absolute atomic E-state index is 0.0877. The number of carbonyl (C=O) groups is 1. The molecule has 0 saturated carbocycles. The van der Waals surface area contributed by atoms with Gasteiger partial charge in [-0.05, 0) is 12.1 Å². The Balaban J connectivity index is 2.42. The summed E-state index contributed by atoms with van der Waals surface area (Å²) >= 11 is 1.21. The lowest BCUT2D eigenvalue weighted by Gasteiger charge is -1.92. The molecule has 0 aliphatic heterocycles. The molecule has 0 spiro atoms. The second-order valence-electron chi connectivity index (χ2n) is 3.18. The molecule has 2 aromatic rings. The van der Waals surface area contributed by atoms with Crippen LogP contribution in [0.3, 0.4) is 0 Å². The van der Waals surface area contributed by atoms with Crippen molar-refractivity contribution in [2.24, 2.45) is 0 Å². The number of thiazole rings is 1. The molecule has 0 bridgehead atoms. The summed E-state index contributed by atoms with van der Waals surface area (Å²) in [7, 11) is 0. The lowest BCUT2D eigenvalue weighted by Crippen LogP contribution is -1.92. The molecule has 0 atom stereocenters. The molecule has 0 unspecified atom stereocenters. The highest BCUT2D eigenvalue weighted by Crippen LogP contribution is 2.32. The van der Waals surface area contributed by atoms with Crippen molar-refractivity contribution in [2.75, 3.05) is 0 Å². The Bertz CT molecular complexity index is 508. The molecule has 2 aromatic heterocycles. The predicted molar refractivity (Wildman–Crippen MR) is 61.6 cm³/mol. The zero-order chi connectivity index (χ0) is 11.5. The fourth-order valence-electron chi connectivity index (χ4n) is 1.27. The molecular weight excluding hydrogens is 224 g/mol. The lowest BCUT2D eigenvalue weighted by molar-refractivity contribution is 0.0989. The summed E-state index contributed by atoms with van der Waals surface area (Å²) < 4.78 is 0. The van der Waals surface area contributed by atoms with Crippen LogP contribution in [0, 0.1) is 0 Å². The lowest BCUT2D eigenvalue weighted by atomic mass is 10.3. The smallest absolute Gasteiger partial charge is 0.233 e. The third kappa shape index (κ3) is 1.94. The number of hydrogen-bond donors (Lipinski definition) is 1. The number of rotatable bonds is 3. The summed E-state index contributed by atoms with van der Waals surface area (Å²) in [4.78, 5) is 19.7. The number of Topliss-reactive ketones (excluding diaryl/α,β-unsaturated/α-hetero) is 1. The number of pyridine rings is 1. The van der Waals surface area contributed by atoms with Crippen LogP contribution in [-0.4, -0.2) is 20.9 Å².